The molecule has 0 saturated carbocycles. The SMILES string of the molecule is C=C(C)/C(F)=C(/F)C(=C)/C(C)=C/CC(C)C1=CC=C(C)CC1. The topological polar surface area (TPSA) is 0 Å². The highest BCUT2D eigenvalue weighted by Gasteiger charge is 2.14. The lowest BCUT2D eigenvalue weighted by atomic mass is 9.88. The minimum Gasteiger partial charge on any atom is -0.203 e. The summed E-state index contributed by atoms with van der Waals surface area (Å²) in [6.07, 6.45) is 9.26. The lowest BCUT2D eigenvalue weighted by Gasteiger charge is -2.18. The van der Waals surface area contributed by atoms with Gasteiger partial charge < -0.3 is 0 Å². The fourth-order valence-electron chi connectivity index (χ4n) is 2.29. The van der Waals surface area contributed by atoms with Crippen molar-refractivity contribution in [3.63, 3.8) is 0 Å². The summed E-state index contributed by atoms with van der Waals surface area (Å²) in [6, 6.07) is 0. The smallest absolute Gasteiger partial charge is 0.165 e. The monoisotopic (exact) mass is 304 g/mol. The Balaban J connectivity index is 2.76. The molecular weight excluding hydrogens is 278 g/mol. The first kappa shape index (κ1) is 18.3. The summed E-state index contributed by atoms with van der Waals surface area (Å²) in [5.41, 5.74) is 3.65. The van der Waals surface area contributed by atoms with E-state index in [9.17, 15) is 8.78 Å². The normalized spacial score (nSPS) is 18.2. The van der Waals surface area contributed by atoms with Crippen LogP contribution in [0.4, 0.5) is 8.78 Å². The summed E-state index contributed by atoms with van der Waals surface area (Å²) in [7, 11) is 0. The van der Waals surface area contributed by atoms with Crippen LogP contribution in [0.25, 0.3) is 0 Å². The first-order chi connectivity index (χ1) is 10.2. The van der Waals surface area contributed by atoms with Gasteiger partial charge in [0.15, 0.2) is 11.7 Å². The van der Waals surface area contributed by atoms with Gasteiger partial charge in [-0.2, -0.15) is 0 Å². The standard InChI is InChI=1S/C20H26F2/c1-13(2)19(21)20(22)17(6)15(4)9-10-16(5)18-11-7-14(3)8-12-18/h7,9,11,16H,1,6,8,10,12H2,2-5H3/b15-9+,20-19-. The molecule has 1 rings (SSSR count). The van der Waals surface area contributed by atoms with Crippen molar-refractivity contribution in [2.24, 2.45) is 5.92 Å². The second-order valence-corrected chi connectivity index (χ2v) is 6.17. The van der Waals surface area contributed by atoms with E-state index < -0.39 is 11.7 Å². The Morgan fingerprint density at radius 3 is 2.32 bits per heavy atom. The molecule has 0 saturated heterocycles. The summed E-state index contributed by atoms with van der Waals surface area (Å²) in [6.45, 7) is 14.6. The molecule has 2 heteroatoms. The zero-order valence-electron chi connectivity index (χ0n) is 14.1. The van der Waals surface area contributed by atoms with Gasteiger partial charge in [-0.3, -0.25) is 0 Å². The molecule has 0 amide bonds. The number of halogens is 2. The molecule has 0 bridgehead atoms. The minimum absolute atomic E-state index is 0.0781. The van der Waals surface area contributed by atoms with E-state index in [1.807, 2.05) is 6.08 Å². The number of hydrogen-bond donors (Lipinski definition) is 0. The van der Waals surface area contributed by atoms with Crippen molar-refractivity contribution in [2.45, 2.75) is 47.0 Å². The fourth-order valence-corrected chi connectivity index (χ4v) is 2.29. The van der Waals surface area contributed by atoms with E-state index in [-0.39, 0.29) is 11.1 Å². The molecule has 0 aliphatic heterocycles. The van der Waals surface area contributed by atoms with Crippen LogP contribution in [0.15, 0.2) is 70.9 Å². The van der Waals surface area contributed by atoms with Crippen molar-refractivity contribution in [3.8, 4) is 0 Å². The van der Waals surface area contributed by atoms with Gasteiger partial charge in [0.05, 0.1) is 0 Å². The Hall–Kier alpha value is -1.70. The molecule has 0 aromatic rings. The Bertz CT molecular complexity index is 583. The Morgan fingerprint density at radius 2 is 1.82 bits per heavy atom. The molecule has 22 heavy (non-hydrogen) atoms. The molecule has 1 unspecified atom stereocenters. The molecule has 0 aromatic carbocycles. The van der Waals surface area contributed by atoms with Crippen LogP contribution < -0.4 is 0 Å². The van der Waals surface area contributed by atoms with Crippen LogP contribution in [0, 0.1) is 5.92 Å². The number of hydrogen-bond acceptors (Lipinski definition) is 0. The molecule has 0 heterocycles. The van der Waals surface area contributed by atoms with E-state index in [0.717, 1.165) is 19.3 Å². The lowest BCUT2D eigenvalue weighted by molar-refractivity contribution is 0.557. The van der Waals surface area contributed by atoms with Crippen LogP contribution >= 0.6 is 0 Å². The molecule has 0 nitrogen and oxygen atoms in total. The van der Waals surface area contributed by atoms with Crippen molar-refractivity contribution in [3.05, 3.63) is 70.9 Å². The van der Waals surface area contributed by atoms with Gasteiger partial charge in [0.1, 0.15) is 0 Å². The van der Waals surface area contributed by atoms with Crippen molar-refractivity contribution < 1.29 is 8.78 Å². The molecule has 1 atom stereocenters. The van der Waals surface area contributed by atoms with Gasteiger partial charge in [-0.25, -0.2) is 8.78 Å². The maximum Gasteiger partial charge on any atom is 0.165 e. The van der Waals surface area contributed by atoms with E-state index in [0.29, 0.717) is 11.5 Å². The van der Waals surface area contributed by atoms with Gasteiger partial charge >= 0.3 is 0 Å². The highest BCUT2D eigenvalue weighted by atomic mass is 19.2. The molecule has 1 aliphatic rings. The highest BCUT2D eigenvalue weighted by Crippen LogP contribution is 2.29. The summed E-state index contributed by atoms with van der Waals surface area (Å²) in [4.78, 5) is 0. The Morgan fingerprint density at radius 1 is 1.18 bits per heavy atom. The molecule has 0 N–H and O–H groups in total. The fraction of sp³-hybridized carbons (Fsp3) is 0.400. The average molecular weight is 304 g/mol. The third-order valence-electron chi connectivity index (χ3n) is 4.11. The maximum atomic E-state index is 13.9. The maximum absolute atomic E-state index is 13.9. The lowest BCUT2D eigenvalue weighted by Crippen LogP contribution is -2.02. The van der Waals surface area contributed by atoms with Gasteiger partial charge in [-0.05, 0) is 57.1 Å². The molecular formula is C20H26F2. The van der Waals surface area contributed by atoms with E-state index in [4.69, 9.17) is 0 Å². The van der Waals surface area contributed by atoms with Gasteiger partial charge in [0.2, 0.25) is 0 Å². The van der Waals surface area contributed by atoms with E-state index in [2.05, 4.69) is 39.2 Å². The minimum atomic E-state index is -0.915. The number of rotatable bonds is 6. The Kier molecular flexibility index (Phi) is 6.73. The predicted molar refractivity (Wildman–Crippen MR) is 91.8 cm³/mol. The van der Waals surface area contributed by atoms with E-state index in [1.54, 1.807) is 6.92 Å². The summed E-state index contributed by atoms with van der Waals surface area (Å²) >= 11 is 0. The second kappa shape index (κ2) is 8.07. The van der Waals surface area contributed by atoms with Crippen LogP contribution in [0.1, 0.15) is 47.0 Å². The van der Waals surface area contributed by atoms with Crippen LogP contribution in [-0.4, -0.2) is 0 Å². The second-order valence-electron chi connectivity index (χ2n) is 6.17. The van der Waals surface area contributed by atoms with Gasteiger partial charge in [-0.1, -0.05) is 49.5 Å². The predicted octanol–water partition coefficient (Wildman–Crippen LogP) is 6.91. The zero-order chi connectivity index (χ0) is 16.9. The van der Waals surface area contributed by atoms with Crippen molar-refractivity contribution in [1.29, 1.82) is 0 Å². The quantitative estimate of drug-likeness (QED) is 0.468. The van der Waals surface area contributed by atoms with Crippen molar-refractivity contribution >= 4 is 0 Å². The third-order valence-corrected chi connectivity index (χ3v) is 4.11. The van der Waals surface area contributed by atoms with E-state index in [1.165, 1.54) is 18.1 Å². The summed E-state index contributed by atoms with van der Waals surface area (Å²) < 4.78 is 27.5. The first-order valence-corrected chi connectivity index (χ1v) is 7.67. The Labute approximate surface area is 133 Å². The summed E-state index contributed by atoms with van der Waals surface area (Å²) in [5, 5.41) is 0. The molecule has 0 spiro atoms. The largest absolute Gasteiger partial charge is 0.203 e. The third kappa shape index (κ3) is 4.94. The molecule has 1 aliphatic carbocycles. The van der Waals surface area contributed by atoms with Crippen LogP contribution in [0.5, 0.6) is 0 Å². The van der Waals surface area contributed by atoms with Crippen LogP contribution in [0.3, 0.4) is 0 Å². The zero-order valence-corrected chi connectivity index (χ0v) is 14.1. The first-order valence-electron chi connectivity index (χ1n) is 7.67. The number of allylic oxidation sites excluding steroid dienone is 10. The van der Waals surface area contributed by atoms with Gasteiger partial charge in [-0.15, -0.1) is 0 Å². The van der Waals surface area contributed by atoms with Crippen LogP contribution in [-0.2, 0) is 0 Å². The van der Waals surface area contributed by atoms with Gasteiger partial charge in [0, 0.05) is 5.57 Å². The highest BCUT2D eigenvalue weighted by molar-refractivity contribution is 5.44. The van der Waals surface area contributed by atoms with Crippen LogP contribution in [0.2, 0.25) is 0 Å². The summed E-state index contributed by atoms with van der Waals surface area (Å²) in [5.74, 6) is -1.43. The molecule has 0 fully saturated rings. The molecule has 120 valence electrons. The van der Waals surface area contributed by atoms with Crippen molar-refractivity contribution in [2.75, 3.05) is 0 Å². The van der Waals surface area contributed by atoms with Crippen molar-refractivity contribution in [1.82, 2.24) is 0 Å². The van der Waals surface area contributed by atoms with Gasteiger partial charge in [0.25, 0.3) is 0 Å². The molecule has 0 aromatic heterocycles. The molecule has 0 radical (unpaired) electrons. The van der Waals surface area contributed by atoms with E-state index >= 15 is 0 Å². The average Bonchev–Trinajstić information content (AvgIpc) is 2.50.